The second-order valence-corrected chi connectivity index (χ2v) is 7.22. The van der Waals surface area contributed by atoms with E-state index in [9.17, 15) is 0 Å². The van der Waals surface area contributed by atoms with Gasteiger partial charge in [0.05, 0.1) is 0 Å². The minimum Gasteiger partial charge on any atom is -0.316 e. The number of likely N-dealkylation sites (tertiary alicyclic amines) is 1. The molecule has 3 fully saturated rings. The van der Waals surface area contributed by atoms with Gasteiger partial charge in [-0.2, -0.15) is 0 Å². The molecule has 2 nitrogen and oxygen atoms in total. The van der Waals surface area contributed by atoms with Crippen molar-refractivity contribution in [1.29, 1.82) is 0 Å². The Morgan fingerprint density at radius 1 is 1.22 bits per heavy atom. The molecule has 2 aliphatic heterocycles. The summed E-state index contributed by atoms with van der Waals surface area (Å²) in [6.07, 6.45) is 10.3. The van der Waals surface area contributed by atoms with E-state index in [1.54, 1.807) is 0 Å². The number of nitrogens with zero attached hydrogens (tertiary/aromatic N) is 1. The molecular formula is C16H30N2. The zero-order chi connectivity index (χ0) is 12.4. The van der Waals surface area contributed by atoms with E-state index in [0.717, 1.165) is 11.8 Å². The Labute approximate surface area is 113 Å². The second kappa shape index (κ2) is 5.50. The molecule has 3 aliphatic rings. The van der Waals surface area contributed by atoms with Gasteiger partial charge in [-0.15, -0.1) is 0 Å². The van der Waals surface area contributed by atoms with Crippen LogP contribution in [0.15, 0.2) is 0 Å². The molecule has 2 saturated heterocycles. The van der Waals surface area contributed by atoms with E-state index < -0.39 is 0 Å². The Morgan fingerprint density at radius 3 is 2.89 bits per heavy atom. The van der Waals surface area contributed by atoms with Crippen molar-refractivity contribution in [1.82, 2.24) is 10.2 Å². The average Bonchev–Trinajstić information content (AvgIpc) is 3.01. The summed E-state index contributed by atoms with van der Waals surface area (Å²) in [7, 11) is 0. The lowest BCUT2D eigenvalue weighted by atomic mass is 9.80. The Kier molecular flexibility index (Phi) is 3.95. The smallest absolute Gasteiger partial charge is 0.00512 e. The molecule has 3 rings (SSSR count). The molecule has 1 N–H and O–H groups in total. The van der Waals surface area contributed by atoms with Crippen LogP contribution in [0.3, 0.4) is 0 Å². The van der Waals surface area contributed by atoms with Gasteiger partial charge in [0, 0.05) is 19.6 Å². The summed E-state index contributed by atoms with van der Waals surface area (Å²) in [5.74, 6) is 2.04. The molecule has 18 heavy (non-hydrogen) atoms. The summed E-state index contributed by atoms with van der Waals surface area (Å²) < 4.78 is 0. The SMILES string of the molecule is CCC1CCCC(CN2CCC3(CCNC3)C2)C1. The minimum atomic E-state index is 0.666. The van der Waals surface area contributed by atoms with Crippen molar-refractivity contribution in [2.24, 2.45) is 17.3 Å². The fourth-order valence-electron chi connectivity index (χ4n) is 4.63. The maximum Gasteiger partial charge on any atom is 0.00512 e. The summed E-state index contributed by atoms with van der Waals surface area (Å²) in [5.41, 5.74) is 0.666. The molecule has 1 spiro atoms. The van der Waals surface area contributed by atoms with Gasteiger partial charge in [0.2, 0.25) is 0 Å². The maximum absolute atomic E-state index is 3.57. The van der Waals surface area contributed by atoms with E-state index in [4.69, 9.17) is 0 Å². The third kappa shape index (κ3) is 2.75. The Balaban J connectivity index is 1.48. The molecule has 1 saturated carbocycles. The third-order valence-corrected chi connectivity index (χ3v) is 5.83. The molecule has 0 aromatic heterocycles. The van der Waals surface area contributed by atoms with Crippen molar-refractivity contribution >= 4 is 0 Å². The zero-order valence-electron chi connectivity index (χ0n) is 12.1. The largest absolute Gasteiger partial charge is 0.316 e. The van der Waals surface area contributed by atoms with Crippen molar-refractivity contribution in [3.63, 3.8) is 0 Å². The Hall–Kier alpha value is -0.0800. The van der Waals surface area contributed by atoms with Gasteiger partial charge in [-0.3, -0.25) is 0 Å². The molecule has 0 aromatic rings. The molecule has 3 atom stereocenters. The summed E-state index contributed by atoms with van der Waals surface area (Å²) >= 11 is 0. The predicted molar refractivity (Wildman–Crippen MR) is 76.7 cm³/mol. The standard InChI is InChI=1S/C16H30N2/c1-2-14-4-3-5-15(10-14)11-18-9-7-16(13-18)6-8-17-12-16/h14-15,17H,2-13H2,1H3. The highest BCUT2D eigenvalue weighted by Gasteiger charge is 2.40. The fourth-order valence-corrected chi connectivity index (χ4v) is 4.63. The average molecular weight is 250 g/mol. The maximum atomic E-state index is 3.57. The van der Waals surface area contributed by atoms with Crippen molar-refractivity contribution in [2.75, 3.05) is 32.7 Å². The molecular weight excluding hydrogens is 220 g/mol. The van der Waals surface area contributed by atoms with E-state index in [0.29, 0.717) is 5.41 Å². The number of nitrogens with one attached hydrogen (secondary N) is 1. The van der Waals surface area contributed by atoms with Gasteiger partial charge in [0.1, 0.15) is 0 Å². The lowest BCUT2D eigenvalue weighted by Gasteiger charge is -2.32. The molecule has 0 aromatic carbocycles. The van der Waals surface area contributed by atoms with Gasteiger partial charge in [0.15, 0.2) is 0 Å². The van der Waals surface area contributed by atoms with Crippen molar-refractivity contribution in [3.05, 3.63) is 0 Å². The van der Waals surface area contributed by atoms with Gasteiger partial charge >= 0.3 is 0 Å². The van der Waals surface area contributed by atoms with Crippen LogP contribution in [-0.2, 0) is 0 Å². The van der Waals surface area contributed by atoms with Gasteiger partial charge in [-0.05, 0) is 56.0 Å². The minimum absolute atomic E-state index is 0.666. The summed E-state index contributed by atoms with van der Waals surface area (Å²) in [6.45, 7) is 9.07. The second-order valence-electron chi connectivity index (χ2n) is 7.22. The number of rotatable bonds is 3. The summed E-state index contributed by atoms with van der Waals surface area (Å²) in [5, 5.41) is 3.57. The van der Waals surface area contributed by atoms with Crippen LogP contribution in [0.2, 0.25) is 0 Å². The van der Waals surface area contributed by atoms with Gasteiger partial charge < -0.3 is 10.2 Å². The molecule has 1 aliphatic carbocycles. The first-order valence-corrected chi connectivity index (χ1v) is 8.23. The highest BCUT2D eigenvalue weighted by molar-refractivity contribution is 4.96. The van der Waals surface area contributed by atoms with E-state index >= 15 is 0 Å². The first-order chi connectivity index (χ1) is 8.80. The van der Waals surface area contributed by atoms with Crippen LogP contribution in [0.1, 0.15) is 51.9 Å². The first kappa shape index (κ1) is 12.9. The van der Waals surface area contributed by atoms with Crippen LogP contribution in [0.5, 0.6) is 0 Å². The van der Waals surface area contributed by atoms with Crippen molar-refractivity contribution < 1.29 is 0 Å². The first-order valence-electron chi connectivity index (χ1n) is 8.23. The number of hydrogen-bond acceptors (Lipinski definition) is 2. The van der Waals surface area contributed by atoms with E-state index in [1.807, 2.05) is 0 Å². The zero-order valence-corrected chi connectivity index (χ0v) is 12.1. The Bertz CT molecular complexity index is 270. The van der Waals surface area contributed by atoms with Crippen LogP contribution in [0.25, 0.3) is 0 Å². The van der Waals surface area contributed by atoms with Crippen LogP contribution in [-0.4, -0.2) is 37.6 Å². The van der Waals surface area contributed by atoms with Gasteiger partial charge in [-0.1, -0.05) is 26.2 Å². The highest BCUT2D eigenvalue weighted by atomic mass is 15.2. The summed E-state index contributed by atoms with van der Waals surface area (Å²) in [4.78, 5) is 2.79. The monoisotopic (exact) mass is 250 g/mol. The molecule has 0 radical (unpaired) electrons. The van der Waals surface area contributed by atoms with Crippen LogP contribution in [0.4, 0.5) is 0 Å². The molecule has 0 bridgehead atoms. The topological polar surface area (TPSA) is 15.3 Å². The lowest BCUT2D eigenvalue weighted by molar-refractivity contribution is 0.181. The summed E-state index contributed by atoms with van der Waals surface area (Å²) in [6, 6.07) is 0. The molecule has 3 unspecified atom stereocenters. The van der Waals surface area contributed by atoms with E-state index in [-0.39, 0.29) is 0 Å². The normalized spacial score (nSPS) is 41.8. The molecule has 0 amide bonds. The highest BCUT2D eigenvalue weighted by Crippen LogP contribution is 2.38. The van der Waals surface area contributed by atoms with Gasteiger partial charge in [-0.25, -0.2) is 0 Å². The van der Waals surface area contributed by atoms with Crippen LogP contribution in [0, 0.1) is 17.3 Å². The van der Waals surface area contributed by atoms with Gasteiger partial charge in [0.25, 0.3) is 0 Å². The molecule has 2 heteroatoms. The predicted octanol–water partition coefficient (Wildman–Crippen LogP) is 2.89. The Morgan fingerprint density at radius 2 is 2.11 bits per heavy atom. The van der Waals surface area contributed by atoms with E-state index in [2.05, 4.69) is 17.1 Å². The third-order valence-electron chi connectivity index (χ3n) is 5.83. The number of hydrogen-bond donors (Lipinski definition) is 1. The van der Waals surface area contributed by atoms with Crippen molar-refractivity contribution in [2.45, 2.75) is 51.9 Å². The van der Waals surface area contributed by atoms with E-state index in [1.165, 1.54) is 77.7 Å². The quantitative estimate of drug-likeness (QED) is 0.828. The van der Waals surface area contributed by atoms with Crippen LogP contribution < -0.4 is 5.32 Å². The molecule has 104 valence electrons. The molecule has 2 heterocycles. The van der Waals surface area contributed by atoms with Crippen LogP contribution >= 0.6 is 0 Å². The lowest BCUT2D eigenvalue weighted by Crippen LogP contribution is -2.33. The fraction of sp³-hybridized carbons (Fsp3) is 1.00. The van der Waals surface area contributed by atoms with Crippen molar-refractivity contribution in [3.8, 4) is 0 Å².